The Hall–Kier alpha value is -3.86. The fraction of sp³-hybridized carbons (Fsp3) is 0.417. The molecule has 0 aliphatic carbocycles. The number of likely N-dealkylation sites (tertiary alicyclic amines) is 1. The number of aliphatic hydroxyl groups excluding tert-OH is 1. The van der Waals surface area contributed by atoms with Crippen LogP contribution in [0.4, 0.5) is 10.6 Å². The predicted molar refractivity (Wildman–Crippen MR) is 131 cm³/mol. The number of aromatic nitrogens is 2. The largest absolute Gasteiger partial charge is 0.394 e. The molecule has 0 bridgehead atoms. The fourth-order valence-electron chi connectivity index (χ4n) is 4.28. The van der Waals surface area contributed by atoms with E-state index in [1.807, 2.05) is 9.80 Å². The molecule has 2 aromatic heterocycles. The molecule has 4 N–H and O–H groups in total. The number of carbonyl (C=O) groups is 2. The lowest BCUT2D eigenvalue weighted by molar-refractivity contribution is 0.102. The number of rotatable bonds is 6. The molecule has 1 fully saturated rings. The molecule has 11 heteroatoms. The molecular formula is C24H30N8O3. The molecule has 1 saturated heterocycles. The SMILES string of the molecule is CC(CO)N(C=N)C(=N)c1cccc(NC(=O)c2cc3c(cn2)CCN(C(=O)N2CCCC2)C3)n1. The summed E-state index contributed by atoms with van der Waals surface area (Å²) in [6.07, 6.45) is 5.44. The van der Waals surface area contributed by atoms with Crippen molar-refractivity contribution in [1.29, 1.82) is 10.8 Å². The number of urea groups is 1. The average molecular weight is 479 g/mol. The Kier molecular flexibility index (Phi) is 7.35. The van der Waals surface area contributed by atoms with Crippen LogP contribution >= 0.6 is 0 Å². The normalized spacial score (nSPS) is 15.8. The number of hydrogen-bond acceptors (Lipinski definition) is 7. The van der Waals surface area contributed by atoms with E-state index in [1.54, 1.807) is 37.4 Å². The molecule has 4 rings (SSSR count). The lowest BCUT2D eigenvalue weighted by atomic mass is 10.0. The Morgan fingerprint density at radius 2 is 1.97 bits per heavy atom. The van der Waals surface area contributed by atoms with E-state index >= 15 is 0 Å². The molecule has 0 spiro atoms. The van der Waals surface area contributed by atoms with Crippen molar-refractivity contribution in [3.8, 4) is 0 Å². The standard InChI is InChI=1S/C24H30N8O3/c1-16(14-33)32(15-25)22(26)19-5-4-6-21(28-19)29-23(34)20-11-18-13-31(10-7-17(18)12-27-20)24(35)30-8-2-3-9-30/h4-6,11-12,15-16,25-26,33H,2-3,7-10,13-14H2,1H3,(H,28,29,34). The maximum absolute atomic E-state index is 12.9. The third-order valence-corrected chi connectivity index (χ3v) is 6.34. The minimum Gasteiger partial charge on any atom is -0.394 e. The van der Waals surface area contributed by atoms with Crippen LogP contribution in [-0.2, 0) is 13.0 Å². The number of pyridine rings is 2. The summed E-state index contributed by atoms with van der Waals surface area (Å²) in [6.45, 7) is 4.14. The van der Waals surface area contributed by atoms with Crippen LogP contribution in [0.2, 0.25) is 0 Å². The number of carbonyl (C=O) groups excluding carboxylic acids is 2. The molecule has 3 amide bonds. The van der Waals surface area contributed by atoms with Crippen molar-refractivity contribution in [1.82, 2.24) is 24.7 Å². The van der Waals surface area contributed by atoms with Crippen LogP contribution in [0.15, 0.2) is 30.5 Å². The van der Waals surface area contributed by atoms with Crippen LogP contribution in [0.1, 0.15) is 47.1 Å². The first-order chi connectivity index (χ1) is 16.9. The molecular weight excluding hydrogens is 448 g/mol. The van der Waals surface area contributed by atoms with Crippen molar-refractivity contribution in [2.45, 2.75) is 38.8 Å². The van der Waals surface area contributed by atoms with Crippen molar-refractivity contribution in [2.75, 3.05) is 31.6 Å². The lowest BCUT2D eigenvalue weighted by Crippen LogP contribution is -2.44. The molecule has 184 valence electrons. The van der Waals surface area contributed by atoms with Crippen LogP contribution < -0.4 is 5.32 Å². The third kappa shape index (κ3) is 5.29. The highest BCUT2D eigenvalue weighted by Crippen LogP contribution is 2.22. The number of nitrogens with one attached hydrogen (secondary N) is 3. The predicted octanol–water partition coefficient (Wildman–Crippen LogP) is 1.92. The highest BCUT2D eigenvalue weighted by Gasteiger charge is 2.27. The van der Waals surface area contributed by atoms with E-state index in [4.69, 9.17) is 10.8 Å². The van der Waals surface area contributed by atoms with E-state index < -0.39 is 11.9 Å². The van der Waals surface area contributed by atoms with Gasteiger partial charge in [0, 0.05) is 32.4 Å². The first-order valence-corrected chi connectivity index (χ1v) is 11.7. The Morgan fingerprint density at radius 1 is 1.20 bits per heavy atom. The third-order valence-electron chi connectivity index (χ3n) is 6.34. The summed E-state index contributed by atoms with van der Waals surface area (Å²) in [5.74, 6) is -0.267. The second-order valence-electron chi connectivity index (χ2n) is 8.77. The van der Waals surface area contributed by atoms with Crippen molar-refractivity contribution < 1.29 is 14.7 Å². The maximum Gasteiger partial charge on any atom is 0.320 e. The van der Waals surface area contributed by atoms with E-state index in [9.17, 15) is 14.7 Å². The smallest absolute Gasteiger partial charge is 0.320 e. The molecule has 0 aromatic carbocycles. The van der Waals surface area contributed by atoms with Gasteiger partial charge in [0.05, 0.1) is 19.0 Å². The van der Waals surface area contributed by atoms with Gasteiger partial charge < -0.3 is 25.1 Å². The molecule has 35 heavy (non-hydrogen) atoms. The second-order valence-corrected chi connectivity index (χ2v) is 8.77. The summed E-state index contributed by atoms with van der Waals surface area (Å²) >= 11 is 0. The van der Waals surface area contributed by atoms with Crippen LogP contribution in [0.3, 0.4) is 0 Å². The van der Waals surface area contributed by atoms with E-state index in [1.165, 1.54) is 4.90 Å². The topological polar surface area (TPSA) is 150 Å². The molecule has 2 aliphatic rings. The summed E-state index contributed by atoms with van der Waals surface area (Å²) in [6, 6.07) is 6.17. The Labute approximate surface area is 203 Å². The van der Waals surface area contributed by atoms with E-state index in [2.05, 4.69) is 15.3 Å². The fourth-order valence-corrected chi connectivity index (χ4v) is 4.28. The molecule has 2 aromatic rings. The van der Waals surface area contributed by atoms with Crippen LogP contribution in [0.25, 0.3) is 0 Å². The minimum atomic E-state index is -0.461. The number of hydrogen-bond donors (Lipinski definition) is 4. The van der Waals surface area contributed by atoms with Gasteiger partial charge in [-0.2, -0.15) is 0 Å². The lowest BCUT2D eigenvalue weighted by Gasteiger charge is -2.32. The Bertz CT molecular complexity index is 1130. The summed E-state index contributed by atoms with van der Waals surface area (Å²) in [7, 11) is 0. The van der Waals surface area contributed by atoms with Crippen molar-refractivity contribution in [2.24, 2.45) is 0 Å². The Morgan fingerprint density at radius 3 is 2.69 bits per heavy atom. The summed E-state index contributed by atoms with van der Waals surface area (Å²) in [4.78, 5) is 39.3. The number of anilines is 1. The number of amides is 3. The van der Waals surface area contributed by atoms with Crippen LogP contribution in [-0.4, -0.2) is 86.2 Å². The van der Waals surface area contributed by atoms with Crippen LogP contribution in [0.5, 0.6) is 0 Å². The zero-order valence-electron chi connectivity index (χ0n) is 19.7. The molecule has 2 aliphatic heterocycles. The first kappa shape index (κ1) is 24.3. The van der Waals surface area contributed by atoms with Crippen molar-refractivity contribution in [3.63, 3.8) is 0 Å². The van der Waals surface area contributed by atoms with Gasteiger partial charge in [0.1, 0.15) is 17.2 Å². The second kappa shape index (κ2) is 10.6. The van der Waals surface area contributed by atoms with Crippen molar-refractivity contribution in [3.05, 3.63) is 53.0 Å². The molecule has 1 unspecified atom stereocenters. The van der Waals surface area contributed by atoms with Gasteiger partial charge in [-0.25, -0.2) is 9.78 Å². The van der Waals surface area contributed by atoms with Gasteiger partial charge in [0.25, 0.3) is 5.91 Å². The number of aliphatic hydroxyl groups is 1. The van der Waals surface area contributed by atoms with Gasteiger partial charge in [0.15, 0.2) is 5.84 Å². The Balaban J connectivity index is 1.46. The molecule has 11 nitrogen and oxygen atoms in total. The molecule has 0 radical (unpaired) electrons. The van der Waals surface area contributed by atoms with Gasteiger partial charge in [0.2, 0.25) is 0 Å². The number of fused-ring (bicyclic) bond motifs is 1. The average Bonchev–Trinajstić information content (AvgIpc) is 3.43. The molecule has 1 atom stereocenters. The van der Waals surface area contributed by atoms with Crippen LogP contribution in [0, 0.1) is 10.8 Å². The van der Waals surface area contributed by atoms with Gasteiger partial charge in [-0.3, -0.25) is 20.6 Å². The zero-order chi connectivity index (χ0) is 24.9. The maximum atomic E-state index is 12.9. The van der Waals surface area contributed by atoms with Gasteiger partial charge in [-0.1, -0.05) is 6.07 Å². The summed E-state index contributed by atoms with van der Waals surface area (Å²) in [5, 5.41) is 27.9. The highest BCUT2D eigenvalue weighted by molar-refractivity contribution is 6.04. The first-order valence-electron chi connectivity index (χ1n) is 11.7. The molecule has 4 heterocycles. The van der Waals surface area contributed by atoms with E-state index in [0.717, 1.165) is 43.4 Å². The summed E-state index contributed by atoms with van der Waals surface area (Å²) < 4.78 is 0. The van der Waals surface area contributed by atoms with Gasteiger partial charge in [-0.05, 0) is 55.5 Å². The zero-order valence-corrected chi connectivity index (χ0v) is 19.7. The van der Waals surface area contributed by atoms with E-state index in [-0.39, 0.29) is 35.7 Å². The van der Waals surface area contributed by atoms with Gasteiger partial charge in [-0.15, -0.1) is 0 Å². The molecule has 0 saturated carbocycles. The number of amidine groups is 1. The number of nitrogens with zero attached hydrogens (tertiary/aromatic N) is 5. The quantitative estimate of drug-likeness (QED) is 0.368. The van der Waals surface area contributed by atoms with Gasteiger partial charge >= 0.3 is 6.03 Å². The minimum absolute atomic E-state index is 0.0499. The summed E-state index contributed by atoms with van der Waals surface area (Å²) in [5.41, 5.74) is 2.41. The monoisotopic (exact) mass is 478 g/mol. The van der Waals surface area contributed by atoms with E-state index in [0.29, 0.717) is 19.5 Å². The highest BCUT2D eigenvalue weighted by atomic mass is 16.3. The van der Waals surface area contributed by atoms with Crippen molar-refractivity contribution >= 4 is 29.9 Å².